The summed E-state index contributed by atoms with van der Waals surface area (Å²) in [4.78, 5) is 54.0. The highest BCUT2D eigenvalue weighted by molar-refractivity contribution is 9.10. The van der Waals surface area contributed by atoms with Gasteiger partial charge in [-0.05, 0) is 74.1 Å². The second-order valence-corrected chi connectivity index (χ2v) is 10.5. The molecule has 0 saturated carbocycles. The summed E-state index contributed by atoms with van der Waals surface area (Å²) < 4.78 is 2.70. The van der Waals surface area contributed by atoms with Crippen molar-refractivity contribution in [1.29, 1.82) is 0 Å². The number of carbonyl (C=O) groups excluding carboxylic acids is 4. The van der Waals surface area contributed by atoms with Crippen LogP contribution in [-0.4, -0.2) is 56.8 Å². The van der Waals surface area contributed by atoms with Gasteiger partial charge in [0.15, 0.2) is 5.78 Å². The molecule has 3 amide bonds. The van der Waals surface area contributed by atoms with Gasteiger partial charge in [0.05, 0.1) is 11.4 Å². The molecule has 2 heterocycles. The summed E-state index contributed by atoms with van der Waals surface area (Å²) in [6, 6.07) is 12.0. The second kappa shape index (κ2) is 11.0. The Kier molecular flexibility index (Phi) is 8.02. The van der Waals surface area contributed by atoms with E-state index in [4.69, 9.17) is 11.6 Å². The molecular weight excluding hydrogens is 566 g/mol. The molecule has 4 rings (SSSR count). The van der Waals surface area contributed by atoms with Crippen molar-refractivity contribution in [3.05, 3.63) is 74.2 Å². The number of rotatable bonds is 8. The van der Waals surface area contributed by atoms with E-state index < -0.39 is 11.1 Å². The molecule has 2 aromatic carbocycles. The molecule has 0 atom stereocenters. The van der Waals surface area contributed by atoms with E-state index in [1.807, 2.05) is 42.8 Å². The van der Waals surface area contributed by atoms with Crippen molar-refractivity contribution < 1.29 is 19.2 Å². The van der Waals surface area contributed by atoms with Crippen LogP contribution < -0.4 is 0 Å². The van der Waals surface area contributed by atoms with E-state index in [9.17, 15) is 19.2 Å². The fraction of sp³-hybridized carbons (Fsp3) is 0.231. The molecule has 10 heteroatoms. The fourth-order valence-electron chi connectivity index (χ4n) is 4.01. The van der Waals surface area contributed by atoms with Gasteiger partial charge < -0.3 is 9.47 Å². The molecule has 186 valence electrons. The van der Waals surface area contributed by atoms with Crippen LogP contribution in [0.15, 0.2) is 58.0 Å². The maximum Gasteiger partial charge on any atom is 0.293 e. The number of ketones is 1. The second-order valence-electron chi connectivity index (χ2n) is 8.14. The highest BCUT2D eigenvalue weighted by atomic mass is 79.9. The minimum Gasteiger partial charge on any atom is -0.342 e. The van der Waals surface area contributed by atoms with Crippen LogP contribution in [-0.2, 0) is 16.1 Å². The molecule has 1 aromatic heterocycles. The van der Waals surface area contributed by atoms with Crippen molar-refractivity contribution in [3.63, 3.8) is 0 Å². The Morgan fingerprint density at radius 2 is 1.75 bits per heavy atom. The van der Waals surface area contributed by atoms with E-state index in [1.165, 1.54) is 0 Å². The number of thioether (sulfide) groups is 1. The third-order valence-corrected chi connectivity index (χ3v) is 7.58. The van der Waals surface area contributed by atoms with Crippen LogP contribution in [0.4, 0.5) is 4.79 Å². The maximum atomic E-state index is 13.1. The molecule has 36 heavy (non-hydrogen) atoms. The number of fused-ring (bicyclic) bond motifs is 1. The van der Waals surface area contributed by atoms with E-state index in [-0.39, 0.29) is 29.7 Å². The van der Waals surface area contributed by atoms with Gasteiger partial charge in [-0.15, -0.1) is 0 Å². The van der Waals surface area contributed by atoms with Gasteiger partial charge in [-0.2, -0.15) is 0 Å². The number of benzene rings is 2. The molecule has 0 aliphatic carbocycles. The summed E-state index contributed by atoms with van der Waals surface area (Å²) >= 11 is 10.2. The topological polar surface area (TPSA) is 79.7 Å². The summed E-state index contributed by atoms with van der Waals surface area (Å²) in [5.74, 6) is -0.888. The zero-order valence-electron chi connectivity index (χ0n) is 19.7. The number of hydrogen-bond donors (Lipinski definition) is 0. The van der Waals surface area contributed by atoms with Crippen molar-refractivity contribution >= 4 is 79.1 Å². The molecule has 0 bridgehead atoms. The summed E-state index contributed by atoms with van der Waals surface area (Å²) in [6.45, 7) is 4.92. The number of imide groups is 1. The Morgan fingerprint density at radius 1 is 1.06 bits per heavy atom. The molecule has 0 N–H and O–H groups in total. The van der Waals surface area contributed by atoms with Crippen molar-refractivity contribution in [3.8, 4) is 0 Å². The van der Waals surface area contributed by atoms with Crippen LogP contribution in [0.25, 0.3) is 17.0 Å². The highest BCUT2D eigenvalue weighted by Crippen LogP contribution is 2.35. The van der Waals surface area contributed by atoms with Crippen LogP contribution in [0.1, 0.15) is 29.8 Å². The Balaban J connectivity index is 1.62. The van der Waals surface area contributed by atoms with E-state index in [2.05, 4.69) is 15.9 Å². The number of carbonyl (C=O) groups is 4. The molecule has 1 aliphatic heterocycles. The smallest absolute Gasteiger partial charge is 0.293 e. The molecule has 0 unspecified atom stereocenters. The molecule has 1 saturated heterocycles. The van der Waals surface area contributed by atoms with Crippen molar-refractivity contribution in [1.82, 2.24) is 14.4 Å². The zero-order valence-corrected chi connectivity index (χ0v) is 22.8. The fourth-order valence-corrected chi connectivity index (χ4v) is 5.33. The average Bonchev–Trinajstić information content (AvgIpc) is 3.31. The predicted molar refractivity (Wildman–Crippen MR) is 146 cm³/mol. The van der Waals surface area contributed by atoms with Gasteiger partial charge in [-0.1, -0.05) is 27.5 Å². The lowest BCUT2D eigenvalue weighted by Crippen LogP contribution is -2.33. The molecule has 1 fully saturated rings. The lowest BCUT2D eigenvalue weighted by atomic mass is 10.1. The minimum absolute atomic E-state index is 0.00703. The maximum absolute atomic E-state index is 13.1. The molecular formula is C26H23BrClN3O4S. The van der Waals surface area contributed by atoms with E-state index in [0.29, 0.717) is 29.2 Å². The van der Waals surface area contributed by atoms with E-state index >= 15 is 0 Å². The SMILES string of the molecule is CCN(CC)C(=O)Cn1cc(/C=C2\SC(=O)N(CC(=O)c3ccc(Cl)cc3)C2=O)c2cc(Br)ccc21. The summed E-state index contributed by atoms with van der Waals surface area (Å²) in [5, 5.41) is 0.821. The lowest BCUT2D eigenvalue weighted by molar-refractivity contribution is -0.131. The van der Waals surface area contributed by atoms with Crippen molar-refractivity contribution in [2.45, 2.75) is 20.4 Å². The van der Waals surface area contributed by atoms with Crippen LogP contribution in [0, 0.1) is 0 Å². The third-order valence-electron chi connectivity index (χ3n) is 5.92. The molecule has 3 aromatic rings. The summed E-state index contributed by atoms with van der Waals surface area (Å²) in [7, 11) is 0. The average molecular weight is 589 g/mol. The Bertz CT molecular complexity index is 1400. The van der Waals surface area contributed by atoms with Crippen molar-refractivity contribution in [2.24, 2.45) is 0 Å². The van der Waals surface area contributed by atoms with Gasteiger partial charge in [0.25, 0.3) is 11.1 Å². The lowest BCUT2D eigenvalue weighted by Gasteiger charge is -2.19. The van der Waals surface area contributed by atoms with E-state index in [1.54, 1.807) is 35.2 Å². The molecule has 1 aliphatic rings. The van der Waals surface area contributed by atoms with Gasteiger partial charge in [-0.3, -0.25) is 24.1 Å². The quantitative estimate of drug-likeness (QED) is 0.244. The first-order valence-corrected chi connectivity index (χ1v) is 13.3. The monoisotopic (exact) mass is 587 g/mol. The first-order valence-electron chi connectivity index (χ1n) is 11.3. The number of likely N-dealkylation sites (N-methyl/N-ethyl adjacent to an activating group) is 1. The molecule has 0 radical (unpaired) electrons. The Morgan fingerprint density at radius 3 is 2.42 bits per heavy atom. The molecule has 7 nitrogen and oxygen atoms in total. The normalized spacial score (nSPS) is 14.8. The van der Waals surface area contributed by atoms with Crippen LogP contribution in [0.3, 0.4) is 0 Å². The van der Waals surface area contributed by atoms with Crippen LogP contribution >= 0.6 is 39.3 Å². The van der Waals surface area contributed by atoms with Gasteiger partial charge >= 0.3 is 0 Å². The third kappa shape index (κ3) is 5.43. The Hall–Kier alpha value is -2.88. The number of amides is 3. The number of halogens is 2. The number of aromatic nitrogens is 1. The standard InChI is InChI=1S/C26H23BrClN3O4S/c1-3-29(4-2)24(33)15-30-13-17(20-12-18(27)7-10-21(20)30)11-23-25(34)31(26(35)36-23)14-22(32)16-5-8-19(28)9-6-16/h5-13H,3-4,14-15H2,1-2H3/b23-11-. The first kappa shape index (κ1) is 26.2. The Labute approximate surface area is 226 Å². The van der Waals surface area contributed by atoms with Crippen LogP contribution in [0.5, 0.6) is 0 Å². The largest absolute Gasteiger partial charge is 0.342 e. The zero-order chi connectivity index (χ0) is 26.0. The number of nitrogens with zero attached hydrogens (tertiary/aromatic N) is 3. The predicted octanol–water partition coefficient (Wildman–Crippen LogP) is 5.84. The van der Waals surface area contributed by atoms with Gasteiger partial charge in [-0.25, -0.2) is 0 Å². The van der Waals surface area contributed by atoms with Crippen molar-refractivity contribution in [2.75, 3.05) is 19.6 Å². The molecule has 0 spiro atoms. The van der Waals surface area contributed by atoms with Gasteiger partial charge in [0.1, 0.15) is 6.54 Å². The van der Waals surface area contributed by atoms with E-state index in [0.717, 1.165) is 32.0 Å². The number of hydrogen-bond acceptors (Lipinski definition) is 5. The number of Topliss-reactive ketones (excluding diaryl/α,β-unsaturated/α-hetero) is 1. The van der Waals surface area contributed by atoms with Crippen LogP contribution in [0.2, 0.25) is 5.02 Å². The highest BCUT2D eigenvalue weighted by Gasteiger charge is 2.36. The summed E-state index contributed by atoms with van der Waals surface area (Å²) in [5.41, 5.74) is 1.91. The van der Waals surface area contributed by atoms with Gasteiger partial charge in [0.2, 0.25) is 5.91 Å². The minimum atomic E-state index is -0.526. The first-order chi connectivity index (χ1) is 17.2. The van der Waals surface area contributed by atoms with Gasteiger partial charge in [0, 0.05) is 50.8 Å². The summed E-state index contributed by atoms with van der Waals surface area (Å²) in [6.07, 6.45) is 3.45.